The molecular weight excluding hydrogens is 260 g/mol. The van der Waals surface area contributed by atoms with Crippen molar-refractivity contribution in [2.24, 2.45) is 5.73 Å². The number of ether oxygens (including phenoxy) is 1. The Labute approximate surface area is 126 Å². The van der Waals surface area contributed by atoms with Crippen LogP contribution in [0.2, 0.25) is 0 Å². The van der Waals surface area contributed by atoms with E-state index >= 15 is 0 Å². The first kappa shape index (κ1) is 14.4. The number of hydrogen-bond acceptors (Lipinski definition) is 3. The first-order chi connectivity index (χ1) is 10.2. The zero-order valence-corrected chi connectivity index (χ0v) is 12.9. The minimum Gasteiger partial charge on any atom is -0.496 e. The second kappa shape index (κ2) is 6.04. The van der Waals surface area contributed by atoms with Crippen LogP contribution in [0.15, 0.2) is 36.4 Å². The van der Waals surface area contributed by atoms with E-state index < -0.39 is 0 Å². The third kappa shape index (κ3) is 2.89. The summed E-state index contributed by atoms with van der Waals surface area (Å²) in [6.07, 6.45) is 2.19. The van der Waals surface area contributed by atoms with Gasteiger partial charge in [-0.05, 0) is 36.8 Å². The highest BCUT2D eigenvalue weighted by Gasteiger charge is 2.23. The van der Waals surface area contributed by atoms with Gasteiger partial charge < -0.3 is 10.5 Å². The van der Waals surface area contributed by atoms with Crippen molar-refractivity contribution in [3.05, 3.63) is 42.0 Å². The van der Waals surface area contributed by atoms with E-state index in [1.165, 1.54) is 16.3 Å². The van der Waals surface area contributed by atoms with E-state index in [0.29, 0.717) is 12.1 Å². The number of hydrogen-bond donors (Lipinski definition) is 1. The number of fused-ring (bicyclic) bond motifs is 1. The summed E-state index contributed by atoms with van der Waals surface area (Å²) in [5.41, 5.74) is 7.44. The van der Waals surface area contributed by atoms with Gasteiger partial charge in [-0.2, -0.15) is 0 Å². The van der Waals surface area contributed by atoms with Crippen molar-refractivity contribution in [2.75, 3.05) is 13.7 Å². The van der Waals surface area contributed by atoms with Gasteiger partial charge in [0.05, 0.1) is 7.11 Å². The molecule has 2 N–H and O–H groups in total. The van der Waals surface area contributed by atoms with Crippen LogP contribution in [0.1, 0.15) is 25.3 Å². The highest BCUT2D eigenvalue weighted by atomic mass is 16.5. The normalized spacial score (nSPS) is 23.4. The molecule has 2 aromatic rings. The van der Waals surface area contributed by atoms with Gasteiger partial charge in [0, 0.05) is 30.6 Å². The fraction of sp³-hybridized carbons (Fsp3) is 0.444. The van der Waals surface area contributed by atoms with Gasteiger partial charge in [-0.3, -0.25) is 4.90 Å². The first-order valence-corrected chi connectivity index (χ1v) is 7.73. The summed E-state index contributed by atoms with van der Waals surface area (Å²) in [4.78, 5) is 2.54. The maximum atomic E-state index is 6.07. The number of likely N-dealkylation sites (tertiary alicyclic amines) is 1. The largest absolute Gasteiger partial charge is 0.496 e. The van der Waals surface area contributed by atoms with Crippen molar-refractivity contribution >= 4 is 10.8 Å². The molecule has 2 atom stereocenters. The molecule has 2 aromatic carbocycles. The minimum absolute atomic E-state index is 0.365. The predicted octanol–water partition coefficient (Wildman–Crippen LogP) is 3.16. The van der Waals surface area contributed by atoms with Gasteiger partial charge >= 0.3 is 0 Å². The summed E-state index contributed by atoms with van der Waals surface area (Å²) in [5, 5.41) is 2.48. The molecule has 1 aliphatic heterocycles. The van der Waals surface area contributed by atoms with Gasteiger partial charge in [-0.1, -0.05) is 30.3 Å². The molecule has 0 saturated carbocycles. The Kier molecular flexibility index (Phi) is 4.13. The molecule has 0 radical (unpaired) electrons. The summed E-state index contributed by atoms with van der Waals surface area (Å²) in [6, 6.07) is 13.7. The van der Waals surface area contributed by atoms with Crippen molar-refractivity contribution < 1.29 is 4.74 Å². The molecule has 112 valence electrons. The lowest BCUT2D eigenvalue weighted by Gasteiger charge is -2.36. The van der Waals surface area contributed by atoms with Gasteiger partial charge in [-0.15, -0.1) is 0 Å². The Morgan fingerprint density at radius 1 is 1.19 bits per heavy atom. The summed E-state index contributed by atoms with van der Waals surface area (Å²) in [5.74, 6) is 0.947. The molecule has 0 amide bonds. The van der Waals surface area contributed by atoms with Crippen LogP contribution in [0.5, 0.6) is 5.75 Å². The Morgan fingerprint density at radius 3 is 2.67 bits per heavy atom. The minimum atomic E-state index is 0.365. The third-order valence-electron chi connectivity index (χ3n) is 4.62. The van der Waals surface area contributed by atoms with Crippen LogP contribution >= 0.6 is 0 Å². The highest BCUT2D eigenvalue weighted by molar-refractivity contribution is 5.91. The van der Waals surface area contributed by atoms with Crippen LogP contribution in [-0.2, 0) is 6.54 Å². The monoisotopic (exact) mass is 284 g/mol. The van der Waals surface area contributed by atoms with Crippen molar-refractivity contribution in [3.63, 3.8) is 0 Å². The zero-order valence-electron chi connectivity index (χ0n) is 12.9. The van der Waals surface area contributed by atoms with E-state index in [2.05, 4.69) is 48.2 Å². The van der Waals surface area contributed by atoms with E-state index in [4.69, 9.17) is 10.5 Å². The molecule has 1 aliphatic rings. The van der Waals surface area contributed by atoms with Crippen molar-refractivity contribution in [1.82, 2.24) is 4.90 Å². The molecule has 3 heteroatoms. The van der Waals surface area contributed by atoms with E-state index in [-0.39, 0.29) is 0 Å². The lowest BCUT2D eigenvalue weighted by molar-refractivity contribution is 0.140. The van der Waals surface area contributed by atoms with Crippen LogP contribution in [0.4, 0.5) is 0 Å². The molecule has 3 rings (SSSR count). The van der Waals surface area contributed by atoms with Gasteiger partial charge in [0.15, 0.2) is 0 Å². The van der Waals surface area contributed by atoms with Crippen molar-refractivity contribution in [2.45, 2.75) is 38.4 Å². The lowest BCUT2D eigenvalue weighted by atomic mass is 9.97. The van der Waals surface area contributed by atoms with Gasteiger partial charge in [0.2, 0.25) is 0 Å². The van der Waals surface area contributed by atoms with Crippen LogP contribution in [0, 0.1) is 0 Å². The summed E-state index contributed by atoms with van der Waals surface area (Å²) < 4.78 is 5.48. The highest BCUT2D eigenvalue weighted by Crippen LogP contribution is 2.30. The summed E-state index contributed by atoms with van der Waals surface area (Å²) in [6.45, 7) is 4.35. The summed E-state index contributed by atoms with van der Waals surface area (Å²) in [7, 11) is 1.73. The maximum absolute atomic E-state index is 6.07. The molecule has 1 saturated heterocycles. The van der Waals surface area contributed by atoms with E-state index in [1.54, 1.807) is 7.11 Å². The molecule has 3 nitrogen and oxygen atoms in total. The molecule has 0 spiro atoms. The van der Waals surface area contributed by atoms with Crippen LogP contribution in [-0.4, -0.2) is 30.6 Å². The number of rotatable bonds is 3. The van der Waals surface area contributed by atoms with Gasteiger partial charge in [-0.25, -0.2) is 0 Å². The number of benzene rings is 2. The first-order valence-electron chi connectivity index (χ1n) is 7.73. The number of methoxy groups -OCH3 is 1. The number of nitrogens with zero attached hydrogens (tertiary/aromatic N) is 1. The second-order valence-corrected chi connectivity index (χ2v) is 6.08. The molecule has 1 fully saturated rings. The zero-order chi connectivity index (χ0) is 14.8. The predicted molar refractivity (Wildman–Crippen MR) is 87.6 cm³/mol. The number of piperidine rings is 1. The Bertz CT molecular complexity index is 626. The Hall–Kier alpha value is -1.58. The van der Waals surface area contributed by atoms with E-state index in [1.807, 2.05) is 0 Å². The molecule has 1 heterocycles. The standard InChI is InChI=1S/C18H24N2O/c1-13-11-15(19)9-10-20(13)12-14-7-8-18(21-2)17-6-4-3-5-16(14)17/h3-8,13,15H,9-12,19H2,1-2H3. The molecule has 0 bridgehead atoms. The van der Waals surface area contributed by atoms with Crippen molar-refractivity contribution in [1.29, 1.82) is 0 Å². The Balaban J connectivity index is 1.91. The average molecular weight is 284 g/mol. The average Bonchev–Trinajstić information content (AvgIpc) is 2.50. The van der Waals surface area contributed by atoms with Crippen LogP contribution in [0.25, 0.3) is 10.8 Å². The summed E-state index contributed by atoms with van der Waals surface area (Å²) >= 11 is 0. The SMILES string of the molecule is COc1ccc(CN2CCC(N)CC2C)c2ccccc12. The molecular formula is C18H24N2O. The van der Waals surface area contributed by atoms with Gasteiger partial charge in [0.1, 0.15) is 5.75 Å². The van der Waals surface area contributed by atoms with Crippen LogP contribution < -0.4 is 10.5 Å². The third-order valence-corrected chi connectivity index (χ3v) is 4.62. The second-order valence-electron chi connectivity index (χ2n) is 6.08. The van der Waals surface area contributed by atoms with Crippen LogP contribution in [0.3, 0.4) is 0 Å². The fourth-order valence-electron chi connectivity index (χ4n) is 3.36. The van der Waals surface area contributed by atoms with Crippen molar-refractivity contribution in [3.8, 4) is 5.75 Å². The molecule has 0 aliphatic carbocycles. The maximum Gasteiger partial charge on any atom is 0.126 e. The Morgan fingerprint density at radius 2 is 1.95 bits per heavy atom. The quantitative estimate of drug-likeness (QED) is 0.941. The topological polar surface area (TPSA) is 38.5 Å². The fourth-order valence-corrected chi connectivity index (χ4v) is 3.36. The molecule has 21 heavy (non-hydrogen) atoms. The lowest BCUT2D eigenvalue weighted by Crippen LogP contribution is -2.44. The molecule has 2 unspecified atom stereocenters. The van der Waals surface area contributed by atoms with E-state index in [0.717, 1.165) is 31.7 Å². The molecule has 0 aromatic heterocycles. The smallest absolute Gasteiger partial charge is 0.126 e. The number of nitrogens with two attached hydrogens (primary N) is 1. The van der Waals surface area contributed by atoms with Gasteiger partial charge in [0.25, 0.3) is 0 Å². The van der Waals surface area contributed by atoms with E-state index in [9.17, 15) is 0 Å².